The summed E-state index contributed by atoms with van der Waals surface area (Å²) in [6.45, 7) is 0. The highest BCUT2D eigenvalue weighted by Crippen LogP contribution is 2.48. The van der Waals surface area contributed by atoms with Gasteiger partial charge in [-0.2, -0.15) is 5.10 Å². The quantitative estimate of drug-likeness (QED) is 0.829. The minimum atomic E-state index is -0.116. The van der Waals surface area contributed by atoms with E-state index < -0.39 is 0 Å². The summed E-state index contributed by atoms with van der Waals surface area (Å²) < 4.78 is 0. The van der Waals surface area contributed by atoms with Crippen molar-refractivity contribution in [2.75, 3.05) is 0 Å². The average Bonchev–Trinajstić information content (AvgIpc) is 2.65. The van der Waals surface area contributed by atoms with Gasteiger partial charge in [-0.15, -0.1) is 0 Å². The number of pyridine rings is 1. The molecule has 0 bridgehead atoms. The van der Waals surface area contributed by atoms with E-state index in [1.807, 2.05) is 0 Å². The maximum absolute atomic E-state index is 12.4. The summed E-state index contributed by atoms with van der Waals surface area (Å²) in [5.41, 5.74) is 4.80. The fourth-order valence-corrected chi connectivity index (χ4v) is 5.27. The van der Waals surface area contributed by atoms with Gasteiger partial charge in [0.15, 0.2) is 0 Å². The van der Waals surface area contributed by atoms with Crippen molar-refractivity contribution in [3.63, 3.8) is 0 Å². The molecule has 24 heavy (non-hydrogen) atoms. The lowest BCUT2D eigenvalue weighted by Crippen LogP contribution is -2.44. The Morgan fingerprint density at radius 3 is 2.17 bits per heavy atom. The highest BCUT2D eigenvalue weighted by atomic mass is 16.2. The van der Waals surface area contributed by atoms with Gasteiger partial charge in [-0.05, 0) is 56.1 Å². The van der Waals surface area contributed by atoms with Crippen LogP contribution in [0.1, 0.15) is 68.1 Å². The highest BCUT2D eigenvalue weighted by molar-refractivity contribution is 5.96. The standard InChI is InChI=1S/C20H27N3O/c24-20(14-9-11-21-12-10-14)23-22-19-17-7-3-1-5-15(17)13-16-6-2-4-8-18(16)19/h9-12,15-18H,1-8,13H2,(H,23,24). The first kappa shape index (κ1) is 15.8. The summed E-state index contributed by atoms with van der Waals surface area (Å²) in [6.07, 6.45) is 15.3. The van der Waals surface area contributed by atoms with Gasteiger partial charge >= 0.3 is 0 Å². The Hall–Kier alpha value is -1.71. The van der Waals surface area contributed by atoms with Crippen molar-refractivity contribution >= 4 is 11.6 Å². The van der Waals surface area contributed by atoms with Crippen molar-refractivity contribution in [1.82, 2.24) is 10.4 Å². The molecule has 3 saturated carbocycles. The lowest BCUT2D eigenvalue weighted by atomic mass is 9.59. The summed E-state index contributed by atoms with van der Waals surface area (Å²) in [5.74, 6) is 2.70. The average molecular weight is 325 g/mol. The van der Waals surface area contributed by atoms with E-state index >= 15 is 0 Å². The number of rotatable bonds is 2. The van der Waals surface area contributed by atoms with Crippen molar-refractivity contribution in [3.8, 4) is 0 Å². The van der Waals surface area contributed by atoms with Crippen LogP contribution < -0.4 is 5.43 Å². The van der Waals surface area contributed by atoms with Gasteiger partial charge in [0.25, 0.3) is 5.91 Å². The third-order valence-electron chi connectivity index (χ3n) is 6.41. The molecule has 0 spiro atoms. The van der Waals surface area contributed by atoms with Crippen LogP contribution in [0.5, 0.6) is 0 Å². The highest BCUT2D eigenvalue weighted by Gasteiger charge is 2.43. The van der Waals surface area contributed by atoms with Crippen LogP contribution in [0, 0.1) is 23.7 Å². The molecule has 0 aromatic carbocycles. The topological polar surface area (TPSA) is 54.4 Å². The van der Waals surface area contributed by atoms with E-state index in [4.69, 9.17) is 5.10 Å². The van der Waals surface area contributed by atoms with Crippen molar-refractivity contribution in [2.45, 2.75) is 57.8 Å². The van der Waals surface area contributed by atoms with Gasteiger partial charge in [0.1, 0.15) is 0 Å². The number of nitrogens with zero attached hydrogens (tertiary/aromatic N) is 2. The molecule has 1 N–H and O–H groups in total. The van der Waals surface area contributed by atoms with Crippen molar-refractivity contribution in [1.29, 1.82) is 0 Å². The van der Waals surface area contributed by atoms with E-state index in [0.29, 0.717) is 17.4 Å². The Balaban J connectivity index is 1.56. The Bertz CT molecular complexity index is 589. The van der Waals surface area contributed by atoms with Crippen LogP contribution in [0.3, 0.4) is 0 Å². The van der Waals surface area contributed by atoms with E-state index in [-0.39, 0.29) is 5.91 Å². The molecule has 4 unspecified atom stereocenters. The molecular formula is C20H27N3O. The summed E-state index contributed by atoms with van der Waals surface area (Å²) in [5, 5.41) is 4.72. The number of hydrazone groups is 1. The second kappa shape index (κ2) is 7.04. The molecule has 1 aromatic rings. The van der Waals surface area contributed by atoms with Crippen molar-refractivity contribution in [3.05, 3.63) is 30.1 Å². The fraction of sp³-hybridized carbons (Fsp3) is 0.650. The Labute approximate surface area is 144 Å². The first-order valence-electron chi connectivity index (χ1n) is 9.61. The molecule has 0 saturated heterocycles. The molecule has 4 atom stereocenters. The van der Waals surface area contributed by atoms with Gasteiger partial charge in [0.2, 0.25) is 0 Å². The minimum Gasteiger partial charge on any atom is -0.267 e. The predicted molar refractivity (Wildman–Crippen MR) is 94.7 cm³/mol. The second-order valence-corrected chi connectivity index (χ2v) is 7.75. The number of hydrogen-bond donors (Lipinski definition) is 1. The summed E-state index contributed by atoms with van der Waals surface area (Å²) >= 11 is 0. The molecule has 0 aliphatic heterocycles. The first-order valence-corrected chi connectivity index (χ1v) is 9.61. The number of hydrogen-bond acceptors (Lipinski definition) is 3. The van der Waals surface area contributed by atoms with Crippen LogP contribution in [0.4, 0.5) is 0 Å². The molecule has 4 heteroatoms. The van der Waals surface area contributed by atoms with Gasteiger partial charge in [-0.1, -0.05) is 25.7 Å². The van der Waals surface area contributed by atoms with Crippen LogP contribution in [-0.2, 0) is 0 Å². The van der Waals surface area contributed by atoms with Crippen molar-refractivity contribution in [2.24, 2.45) is 28.8 Å². The van der Waals surface area contributed by atoms with Crippen LogP contribution in [0.15, 0.2) is 29.6 Å². The Morgan fingerprint density at radius 1 is 0.958 bits per heavy atom. The van der Waals surface area contributed by atoms with Crippen LogP contribution in [0.2, 0.25) is 0 Å². The maximum Gasteiger partial charge on any atom is 0.271 e. The van der Waals surface area contributed by atoms with E-state index in [1.165, 1.54) is 63.5 Å². The zero-order chi connectivity index (χ0) is 16.4. The molecule has 3 fully saturated rings. The molecule has 4 nitrogen and oxygen atoms in total. The smallest absolute Gasteiger partial charge is 0.267 e. The summed E-state index contributed by atoms with van der Waals surface area (Å²) in [6, 6.07) is 3.48. The third kappa shape index (κ3) is 3.11. The van der Waals surface area contributed by atoms with E-state index in [9.17, 15) is 4.79 Å². The van der Waals surface area contributed by atoms with Crippen LogP contribution >= 0.6 is 0 Å². The van der Waals surface area contributed by atoms with Crippen LogP contribution in [0.25, 0.3) is 0 Å². The summed E-state index contributed by atoms with van der Waals surface area (Å²) in [7, 11) is 0. The number of carbonyl (C=O) groups excluding carboxylic acids is 1. The molecule has 1 amide bonds. The number of carbonyl (C=O) groups is 1. The molecule has 4 rings (SSSR count). The van der Waals surface area contributed by atoms with Crippen molar-refractivity contribution < 1.29 is 4.79 Å². The van der Waals surface area contributed by atoms with Gasteiger partial charge in [0.05, 0.1) is 0 Å². The third-order valence-corrected chi connectivity index (χ3v) is 6.41. The largest absolute Gasteiger partial charge is 0.271 e. The van der Waals surface area contributed by atoms with E-state index in [2.05, 4.69) is 10.4 Å². The molecule has 1 heterocycles. The lowest BCUT2D eigenvalue weighted by molar-refractivity contribution is 0.0951. The van der Waals surface area contributed by atoms with Gasteiger partial charge in [-0.3, -0.25) is 9.78 Å². The SMILES string of the molecule is O=C(NN=C1C2CCCCC2CC2CCCCC12)c1ccncc1. The molecule has 0 radical (unpaired) electrons. The summed E-state index contributed by atoms with van der Waals surface area (Å²) in [4.78, 5) is 16.3. The first-order chi connectivity index (χ1) is 11.8. The fourth-order valence-electron chi connectivity index (χ4n) is 5.27. The lowest BCUT2D eigenvalue weighted by Gasteiger charge is -2.46. The molecular weight excluding hydrogens is 298 g/mol. The zero-order valence-electron chi connectivity index (χ0n) is 14.3. The zero-order valence-corrected chi connectivity index (χ0v) is 14.3. The van der Waals surface area contributed by atoms with Gasteiger partial charge in [-0.25, -0.2) is 5.43 Å². The number of amides is 1. The van der Waals surface area contributed by atoms with Gasteiger partial charge < -0.3 is 0 Å². The molecule has 128 valence electrons. The Morgan fingerprint density at radius 2 is 1.54 bits per heavy atom. The number of fused-ring (bicyclic) bond motifs is 2. The molecule has 1 aromatic heterocycles. The molecule has 3 aliphatic rings. The van der Waals surface area contributed by atoms with Gasteiger partial charge in [0, 0.05) is 35.5 Å². The number of aromatic nitrogens is 1. The molecule has 3 aliphatic carbocycles. The second-order valence-electron chi connectivity index (χ2n) is 7.75. The maximum atomic E-state index is 12.4. The minimum absolute atomic E-state index is 0.116. The van der Waals surface area contributed by atoms with Crippen LogP contribution in [-0.4, -0.2) is 16.6 Å². The Kier molecular flexibility index (Phi) is 4.63. The predicted octanol–water partition coefficient (Wildman–Crippen LogP) is 4.18. The van der Waals surface area contributed by atoms with E-state index in [0.717, 1.165) is 11.8 Å². The number of nitrogens with one attached hydrogen (secondary N) is 1. The van der Waals surface area contributed by atoms with E-state index in [1.54, 1.807) is 24.5 Å². The normalized spacial score (nSPS) is 32.4. The monoisotopic (exact) mass is 325 g/mol.